The molecule has 2 aromatic rings. The first-order chi connectivity index (χ1) is 12.1. The molecule has 2 aliphatic heterocycles. The Morgan fingerprint density at radius 3 is 2.72 bits per heavy atom. The van der Waals surface area contributed by atoms with Gasteiger partial charge in [-0.3, -0.25) is 14.3 Å². The molecular formula is C19H24N4O2. The van der Waals surface area contributed by atoms with Gasteiger partial charge in [-0.1, -0.05) is 12.1 Å². The second kappa shape index (κ2) is 6.59. The third-order valence-corrected chi connectivity index (χ3v) is 5.69. The van der Waals surface area contributed by atoms with E-state index in [1.54, 1.807) is 10.7 Å². The molecule has 132 valence electrons. The van der Waals surface area contributed by atoms with Gasteiger partial charge in [0, 0.05) is 24.0 Å². The number of carbonyl (C=O) groups is 1. The Balaban J connectivity index is 1.58. The highest BCUT2D eigenvalue weighted by molar-refractivity contribution is 5.81. The van der Waals surface area contributed by atoms with Gasteiger partial charge < -0.3 is 9.80 Å². The Hall–Kier alpha value is -2.21. The number of amides is 1. The Morgan fingerprint density at radius 1 is 1.16 bits per heavy atom. The Bertz CT molecular complexity index is 847. The zero-order chi connectivity index (χ0) is 17.4. The van der Waals surface area contributed by atoms with Crippen molar-refractivity contribution in [3.63, 3.8) is 0 Å². The molecule has 4 rings (SSSR count). The standard InChI is InChI=1S/C19H24N4O2/c1-21-10-4-8-16(21)17-9-5-11-22(17)19(25)13-23-15-7-3-2-6-14(15)18(24)12-20-23/h2-3,6-7,12,16-17H,4-5,8-11,13H2,1H3/t16-,17+/m0/s1. The van der Waals surface area contributed by atoms with Gasteiger partial charge in [0.2, 0.25) is 11.3 Å². The number of para-hydroxylation sites is 1. The van der Waals surface area contributed by atoms with Gasteiger partial charge in [-0.2, -0.15) is 5.10 Å². The quantitative estimate of drug-likeness (QED) is 0.849. The number of hydrogen-bond donors (Lipinski definition) is 0. The highest BCUT2D eigenvalue weighted by Gasteiger charge is 2.38. The number of likely N-dealkylation sites (tertiary alicyclic amines) is 2. The molecule has 0 N–H and O–H groups in total. The van der Waals surface area contributed by atoms with Crippen molar-refractivity contribution in [1.82, 2.24) is 19.6 Å². The van der Waals surface area contributed by atoms with E-state index < -0.39 is 0 Å². The third-order valence-electron chi connectivity index (χ3n) is 5.69. The zero-order valence-corrected chi connectivity index (χ0v) is 14.6. The maximum atomic E-state index is 13.0. The molecule has 0 radical (unpaired) electrons. The van der Waals surface area contributed by atoms with Crippen molar-refractivity contribution in [2.24, 2.45) is 0 Å². The Morgan fingerprint density at radius 2 is 1.92 bits per heavy atom. The number of benzene rings is 1. The summed E-state index contributed by atoms with van der Waals surface area (Å²) in [7, 11) is 2.16. The van der Waals surface area contributed by atoms with Crippen molar-refractivity contribution in [2.45, 2.75) is 44.3 Å². The third kappa shape index (κ3) is 2.95. The van der Waals surface area contributed by atoms with Crippen LogP contribution in [0.15, 0.2) is 35.3 Å². The van der Waals surface area contributed by atoms with Crippen LogP contribution >= 0.6 is 0 Å². The second-order valence-corrected chi connectivity index (χ2v) is 7.17. The Labute approximate surface area is 147 Å². The fraction of sp³-hybridized carbons (Fsp3) is 0.526. The van der Waals surface area contributed by atoms with Gasteiger partial charge in [0.15, 0.2) is 0 Å². The normalized spacial score (nSPS) is 24.3. The fourth-order valence-corrected chi connectivity index (χ4v) is 4.43. The molecular weight excluding hydrogens is 316 g/mol. The predicted molar refractivity (Wildman–Crippen MR) is 96.4 cm³/mol. The van der Waals surface area contributed by atoms with E-state index in [-0.39, 0.29) is 17.9 Å². The maximum Gasteiger partial charge on any atom is 0.244 e. The molecule has 3 heterocycles. The lowest BCUT2D eigenvalue weighted by molar-refractivity contribution is -0.133. The van der Waals surface area contributed by atoms with Crippen molar-refractivity contribution in [3.05, 3.63) is 40.7 Å². The van der Waals surface area contributed by atoms with Crippen LogP contribution in [0.4, 0.5) is 0 Å². The summed E-state index contributed by atoms with van der Waals surface area (Å²) in [4.78, 5) is 29.4. The molecule has 2 aliphatic rings. The molecule has 1 aromatic carbocycles. The molecule has 6 heteroatoms. The minimum absolute atomic E-state index is 0.101. The number of likely N-dealkylation sites (N-methyl/N-ethyl adjacent to an activating group) is 1. The van der Waals surface area contributed by atoms with Crippen molar-refractivity contribution in [1.29, 1.82) is 0 Å². The van der Waals surface area contributed by atoms with Crippen molar-refractivity contribution >= 4 is 16.8 Å². The van der Waals surface area contributed by atoms with Gasteiger partial charge in [0.25, 0.3) is 0 Å². The van der Waals surface area contributed by atoms with E-state index in [4.69, 9.17) is 0 Å². The van der Waals surface area contributed by atoms with Gasteiger partial charge in [-0.05, 0) is 51.4 Å². The number of fused-ring (bicyclic) bond motifs is 1. The minimum atomic E-state index is -0.106. The average molecular weight is 340 g/mol. The van der Waals surface area contributed by atoms with Gasteiger partial charge in [-0.25, -0.2) is 0 Å². The summed E-state index contributed by atoms with van der Waals surface area (Å²) in [5.74, 6) is 0.101. The van der Waals surface area contributed by atoms with Gasteiger partial charge in [-0.15, -0.1) is 0 Å². The van der Waals surface area contributed by atoms with Crippen LogP contribution in [0, 0.1) is 0 Å². The monoisotopic (exact) mass is 340 g/mol. The number of carbonyl (C=O) groups excluding carboxylic acids is 1. The van der Waals surface area contributed by atoms with Gasteiger partial charge in [0.05, 0.1) is 11.7 Å². The molecule has 0 aliphatic carbocycles. The highest BCUT2D eigenvalue weighted by atomic mass is 16.2. The minimum Gasteiger partial charge on any atom is -0.337 e. The fourth-order valence-electron chi connectivity index (χ4n) is 4.43. The van der Waals surface area contributed by atoms with Crippen LogP contribution in [-0.4, -0.2) is 57.7 Å². The molecule has 1 aromatic heterocycles. The molecule has 1 amide bonds. The van der Waals surface area contributed by atoms with Crippen LogP contribution < -0.4 is 5.43 Å². The number of rotatable bonds is 3. The van der Waals surface area contributed by atoms with Crippen LogP contribution in [0.5, 0.6) is 0 Å². The summed E-state index contributed by atoms with van der Waals surface area (Å²) >= 11 is 0. The van der Waals surface area contributed by atoms with Crippen LogP contribution in [0.2, 0.25) is 0 Å². The SMILES string of the molecule is CN1CCC[C@H]1[C@H]1CCCN1C(=O)Cn1ncc(=O)c2ccccc21. The largest absolute Gasteiger partial charge is 0.337 e. The summed E-state index contributed by atoms with van der Waals surface area (Å²) in [6.45, 7) is 2.13. The van der Waals surface area contributed by atoms with E-state index in [9.17, 15) is 9.59 Å². The predicted octanol–water partition coefficient (Wildman–Crippen LogP) is 1.48. The molecule has 2 saturated heterocycles. The smallest absolute Gasteiger partial charge is 0.244 e. The topological polar surface area (TPSA) is 58.4 Å². The maximum absolute atomic E-state index is 13.0. The zero-order valence-electron chi connectivity index (χ0n) is 14.6. The van der Waals surface area contributed by atoms with E-state index >= 15 is 0 Å². The lowest BCUT2D eigenvalue weighted by Crippen LogP contribution is -2.48. The summed E-state index contributed by atoms with van der Waals surface area (Å²) in [6, 6.07) is 8.13. The highest BCUT2D eigenvalue weighted by Crippen LogP contribution is 2.29. The van der Waals surface area contributed by atoms with E-state index in [1.165, 1.54) is 19.0 Å². The second-order valence-electron chi connectivity index (χ2n) is 7.17. The first-order valence-corrected chi connectivity index (χ1v) is 9.10. The number of hydrogen-bond acceptors (Lipinski definition) is 4. The summed E-state index contributed by atoms with van der Waals surface area (Å²) < 4.78 is 1.66. The molecule has 0 spiro atoms. The average Bonchev–Trinajstić information content (AvgIpc) is 3.26. The van der Waals surface area contributed by atoms with E-state index in [0.29, 0.717) is 17.5 Å². The van der Waals surface area contributed by atoms with Crippen molar-refractivity contribution < 1.29 is 4.79 Å². The molecule has 2 fully saturated rings. The molecule has 25 heavy (non-hydrogen) atoms. The van der Waals surface area contributed by atoms with E-state index in [0.717, 1.165) is 31.4 Å². The summed E-state index contributed by atoms with van der Waals surface area (Å²) in [5.41, 5.74) is 0.614. The summed E-state index contributed by atoms with van der Waals surface area (Å²) in [6.07, 6.45) is 5.84. The molecule has 0 saturated carbocycles. The van der Waals surface area contributed by atoms with Gasteiger partial charge in [0.1, 0.15) is 6.54 Å². The van der Waals surface area contributed by atoms with Crippen LogP contribution in [-0.2, 0) is 11.3 Å². The van der Waals surface area contributed by atoms with Crippen LogP contribution in [0.1, 0.15) is 25.7 Å². The lowest BCUT2D eigenvalue weighted by atomic mass is 10.0. The van der Waals surface area contributed by atoms with Crippen LogP contribution in [0.3, 0.4) is 0 Å². The summed E-state index contributed by atoms with van der Waals surface area (Å²) in [5, 5.41) is 4.81. The van der Waals surface area contributed by atoms with Crippen LogP contribution in [0.25, 0.3) is 10.9 Å². The van der Waals surface area contributed by atoms with Crippen molar-refractivity contribution in [3.8, 4) is 0 Å². The van der Waals surface area contributed by atoms with E-state index in [2.05, 4.69) is 17.0 Å². The first-order valence-electron chi connectivity index (χ1n) is 9.10. The number of aromatic nitrogens is 2. The van der Waals surface area contributed by atoms with Gasteiger partial charge >= 0.3 is 0 Å². The molecule has 2 atom stereocenters. The Kier molecular flexibility index (Phi) is 4.29. The molecule has 6 nitrogen and oxygen atoms in total. The lowest BCUT2D eigenvalue weighted by Gasteiger charge is -2.33. The van der Waals surface area contributed by atoms with E-state index in [1.807, 2.05) is 23.1 Å². The molecule has 0 bridgehead atoms. The van der Waals surface area contributed by atoms with Crippen molar-refractivity contribution in [2.75, 3.05) is 20.1 Å². The first kappa shape index (κ1) is 16.3. The molecule has 0 unspecified atom stereocenters. The number of nitrogens with zero attached hydrogens (tertiary/aromatic N) is 4.